The molecule has 1 aromatic carbocycles. The molecule has 0 unspecified atom stereocenters. The van der Waals surface area contributed by atoms with Crippen LogP contribution in [0.1, 0.15) is 12.0 Å². The van der Waals surface area contributed by atoms with Crippen LogP contribution in [0.2, 0.25) is 0 Å². The molecule has 1 N–H and O–H groups in total. The SMILES string of the molecule is COCCCN(CCNC(=O)Cc1ccccc1)S(C)(=O)=O. The van der Waals surface area contributed by atoms with E-state index in [0.29, 0.717) is 32.5 Å². The number of nitrogens with zero attached hydrogens (tertiary/aromatic N) is 1. The number of amides is 1. The summed E-state index contributed by atoms with van der Waals surface area (Å²) >= 11 is 0. The minimum Gasteiger partial charge on any atom is -0.385 e. The predicted octanol–water partition coefficient (Wildman–Crippen LogP) is 0.643. The number of benzene rings is 1. The van der Waals surface area contributed by atoms with E-state index in [2.05, 4.69) is 5.32 Å². The molecule has 1 aromatic rings. The molecule has 0 radical (unpaired) electrons. The van der Waals surface area contributed by atoms with E-state index in [1.807, 2.05) is 30.3 Å². The monoisotopic (exact) mass is 328 g/mol. The van der Waals surface area contributed by atoms with Crippen molar-refractivity contribution in [1.29, 1.82) is 0 Å². The van der Waals surface area contributed by atoms with Crippen molar-refractivity contribution in [1.82, 2.24) is 9.62 Å². The van der Waals surface area contributed by atoms with Crippen molar-refractivity contribution in [3.05, 3.63) is 35.9 Å². The zero-order chi connectivity index (χ0) is 16.4. The van der Waals surface area contributed by atoms with Gasteiger partial charge in [-0.15, -0.1) is 0 Å². The number of carbonyl (C=O) groups is 1. The molecule has 6 nitrogen and oxygen atoms in total. The average molecular weight is 328 g/mol. The highest BCUT2D eigenvalue weighted by Gasteiger charge is 2.16. The molecular formula is C15H24N2O4S. The van der Waals surface area contributed by atoms with Crippen LogP contribution in [-0.4, -0.2) is 58.2 Å². The van der Waals surface area contributed by atoms with Crippen LogP contribution in [0.5, 0.6) is 0 Å². The van der Waals surface area contributed by atoms with Crippen LogP contribution < -0.4 is 5.32 Å². The maximum atomic E-state index is 11.8. The Bertz CT molecular complexity index is 546. The molecule has 7 heteroatoms. The summed E-state index contributed by atoms with van der Waals surface area (Å²) in [5.74, 6) is -0.114. The van der Waals surface area contributed by atoms with Gasteiger partial charge in [-0.1, -0.05) is 30.3 Å². The maximum absolute atomic E-state index is 11.8. The van der Waals surface area contributed by atoms with Gasteiger partial charge >= 0.3 is 0 Å². The van der Waals surface area contributed by atoms with Gasteiger partial charge < -0.3 is 10.1 Å². The summed E-state index contributed by atoms with van der Waals surface area (Å²) in [6.45, 7) is 1.46. The molecule has 0 saturated heterocycles. The summed E-state index contributed by atoms with van der Waals surface area (Å²) in [5, 5.41) is 2.75. The number of ether oxygens (including phenoxy) is 1. The first-order valence-corrected chi connectivity index (χ1v) is 9.03. The molecule has 22 heavy (non-hydrogen) atoms. The van der Waals surface area contributed by atoms with Gasteiger partial charge in [0.1, 0.15) is 0 Å². The van der Waals surface area contributed by atoms with E-state index in [9.17, 15) is 13.2 Å². The first-order valence-electron chi connectivity index (χ1n) is 7.18. The number of sulfonamides is 1. The van der Waals surface area contributed by atoms with Crippen molar-refractivity contribution in [2.75, 3.05) is 39.6 Å². The largest absolute Gasteiger partial charge is 0.385 e. The Balaban J connectivity index is 2.37. The molecule has 0 aromatic heterocycles. The van der Waals surface area contributed by atoms with Crippen LogP contribution in [0.25, 0.3) is 0 Å². The third-order valence-corrected chi connectivity index (χ3v) is 4.42. The predicted molar refractivity (Wildman–Crippen MR) is 86.1 cm³/mol. The average Bonchev–Trinajstić information content (AvgIpc) is 2.45. The summed E-state index contributed by atoms with van der Waals surface area (Å²) in [5.41, 5.74) is 0.931. The second-order valence-corrected chi connectivity index (χ2v) is 7.00. The molecule has 124 valence electrons. The van der Waals surface area contributed by atoms with Crippen LogP contribution in [0.15, 0.2) is 30.3 Å². The zero-order valence-corrected chi connectivity index (χ0v) is 13.9. The summed E-state index contributed by atoms with van der Waals surface area (Å²) in [6.07, 6.45) is 2.09. The fourth-order valence-electron chi connectivity index (χ4n) is 1.99. The molecule has 0 atom stereocenters. The second-order valence-electron chi connectivity index (χ2n) is 5.02. The molecule has 1 rings (SSSR count). The number of methoxy groups -OCH3 is 1. The lowest BCUT2D eigenvalue weighted by Crippen LogP contribution is -2.39. The quantitative estimate of drug-likeness (QED) is 0.640. The van der Waals surface area contributed by atoms with E-state index in [0.717, 1.165) is 5.56 Å². The highest BCUT2D eigenvalue weighted by atomic mass is 32.2. The number of carbonyl (C=O) groups excluding carboxylic acids is 1. The van der Waals surface area contributed by atoms with Gasteiger partial charge in [-0.05, 0) is 12.0 Å². The lowest BCUT2D eigenvalue weighted by molar-refractivity contribution is -0.120. The smallest absolute Gasteiger partial charge is 0.224 e. The first kappa shape index (κ1) is 18.6. The zero-order valence-electron chi connectivity index (χ0n) is 13.1. The highest BCUT2D eigenvalue weighted by Crippen LogP contribution is 2.01. The van der Waals surface area contributed by atoms with E-state index in [4.69, 9.17) is 4.74 Å². The minimum atomic E-state index is -3.28. The molecule has 1 amide bonds. The van der Waals surface area contributed by atoms with Gasteiger partial charge in [0, 0.05) is 33.4 Å². The number of hydrogen-bond donors (Lipinski definition) is 1. The Labute approximate surface area is 132 Å². The summed E-state index contributed by atoms with van der Waals surface area (Å²) in [6, 6.07) is 9.42. The summed E-state index contributed by atoms with van der Waals surface area (Å²) in [4.78, 5) is 11.8. The van der Waals surface area contributed by atoms with E-state index in [1.165, 1.54) is 10.6 Å². The lowest BCUT2D eigenvalue weighted by atomic mass is 10.1. The van der Waals surface area contributed by atoms with Gasteiger partial charge in [-0.25, -0.2) is 12.7 Å². The molecule has 0 aliphatic rings. The molecule has 0 aliphatic carbocycles. The van der Waals surface area contributed by atoms with Gasteiger partial charge in [0.25, 0.3) is 0 Å². The van der Waals surface area contributed by atoms with E-state index in [-0.39, 0.29) is 12.5 Å². The van der Waals surface area contributed by atoms with Gasteiger partial charge in [-0.2, -0.15) is 0 Å². The molecule has 0 aliphatic heterocycles. The van der Waals surface area contributed by atoms with E-state index in [1.54, 1.807) is 7.11 Å². The van der Waals surface area contributed by atoms with Crippen LogP contribution in [0, 0.1) is 0 Å². The Hall–Kier alpha value is -1.44. The minimum absolute atomic E-state index is 0.114. The fourth-order valence-corrected chi connectivity index (χ4v) is 2.88. The maximum Gasteiger partial charge on any atom is 0.224 e. The third-order valence-electron chi connectivity index (χ3n) is 3.12. The lowest BCUT2D eigenvalue weighted by Gasteiger charge is -2.19. The van der Waals surface area contributed by atoms with Gasteiger partial charge in [0.05, 0.1) is 12.7 Å². The number of nitrogens with one attached hydrogen (secondary N) is 1. The third kappa shape index (κ3) is 7.53. The van der Waals surface area contributed by atoms with Gasteiger partial charge in [-0.3, -0.25) is 4.79 Å². The van der Waals surface area contributed by atoms with Crippen molar-refractivity contribution < 1.29 is 17.9 Å². The fraction of sp³-hybridized carbons (Fsp3) is 0.533. The standard InChI is InChI=1S/C15H24N2O4S/c1-21-12-6-10-17(22(2,19)20)11-9-16-15(18)13-14-7-4-3-5-8-14/h3-5,7-8H,6,9-13H2,1-2H3,(H,16,18). The molecular weight excluding hydrogens is 304 g/mol. The molecule has 0 bridgehead atoms. The number of rotatable bonds is 10. The van der Waals surface area contributed by atoms with Crippen molar-refractivity contribution in [3.63, 3.8) is 0 Å². The van der Waals surface area contributed by atoms with Crippen molar-refractivity contribution in [3.8, 4) is 0 Å². The van der Waals surface area contributed by atoms with E-state index < -0.39 is 10.0 Å². The number of hydrogen-bond acceptors (Lipinski definition) is 4. The highest BCUT2D eigenvalue weighted by molar-refractivity contribution is 7.88. The van der Waals surface area contributed by atoms with Gasteiger partial charge in [0.2, 0.25) is 15.9 Å². The second kappa shape index (κ2) is 9.55. The molecule has 0 fully saturated rings. The topological polar surface area (TPSA) is 75.7 Å². The summed E-state index contributed by atoms with van der Waals surface area (Å²) < 4.78 is 29.6. The molecule has 0 heterocycles. The first-order chi connectivity index (χ1) is 10.4. The normalized spacial score (nSPS) is 11.6. The molecule has 0 spiro atoms. The van der Waals surface area contributed by atoms with E-state index >= 15 is 0 Å². The summed E-state index contributed by atoms with van der Waals surface area (Å²) in [7, 11) is -1.70. The Morgan fingerprint density at radius 3 is 2.50 bits per heavy atom. The van der Waals surface area contributed by atoms with Crippen LogP contribution in [0.4, 0.5) is 0 Å². The van der Waals surface area contributed by atoms with Crippen LogP contribution in [0.3, 0.4) is 0 Å². The van der Waals surface area contributed by atoms with Crippen LogP contribution in [-0.2, 0) is 26.0 Å². The van der Waals surface area contributed by atoms with Crippen molar-refractivity contribution in [2.45, 2.75) is 12.8 Å². The van der Waals surface area contributed by atoms with Crippen LogP contribution >= 0.6 is 0 Å². The Morgan fingerprint density at radius 2 is 1.91 bits per heavy atom. The molecule has 0 saturated carbocycles. The van der Waals surface area contributed by atoms with Gasteiger partial charge in [0.15, 0.2) is 0 Å². The van der Waals surface area contributed by atoms with Crippen molar-refractivity contribution >= 4 is 15.9 Å². The Kier molecular flexibility index (Phi) is 8.08. The van der Waals surface area contributed by atoms with Crippen molar-refractivity contribution in [2.24, 2.45) is 0 Å². The Morgan fingerprint density at radius 1 is 1.23 bits per heavy atom.